The van der Waals surface area contributed by atoms with Crippen LogP contribution in [0.25, 0.3) is 21.9 Å². The molecular weight excluding hydrogens is 326 g/mol. The second-order valence-corrected chi connectivity index (χ2v) is 5.83. The highest BCUT2D eigenvalue weighted by atomic mass is 19.3. The highest BCUT2D eigenvalue weighted by Gasteiger charge is 2.24. The van der Waals surface area contributed by atoms with Gasteiger partial charge < -0.3 is 15.5 Å². The fourth-order valence-corrected chi connectivity index (χ4v) is 2.63. The maximum absolute atomic E-state index is 13.5. The van der Waals surface area contributed by atoms with Crippen molar-refractivity contribution in [2.45, 2.75) is 12.8 Å². The van der Waals surface area contributed by atoms with E-state index in [1.165, 1.54) is 18.2 Å². The molecular formula is C18H14F2N4O. The molecule has 2 heterocycles. The minimum atomic E-state index is -2.92. The van der Waals surface area contributed by atoms with Crippen molar-refractivity contribution in [1.82, 2.24) is 15.0 Å². The van der Waals surface area contributed by atoms with E-state index < -0.39 is 5.92 Å². The van der Waals surface area contributed by atoms with Crippen LogP contribution in [0, 0.1) is 0 Å². The number of aromatic nitrogens is 3. The van der Waals surface area contributed by atoms with Gasteiger partial charge in [0.25, 0.3) is 11.9 Å². The monoisotopic (exact) mass is 340 g/mol. The van der Waals surface area contributed by atoms with Crippen molar-refractivity contribution in [2.24, 2.45) is 0 Å². The number of ether oxygens (including phenoxy) is 1. The van der Waals surface area contributed by atoms with Gasteiger partial charge in [-0.1, -0.05) is 18.2 Å². The molecule has 0 saturated heterocycles. The quantitative estimate of drug-likeness (QED) is 0.571. The van der Waals surface area contributed by atoms with E-state index >= 15 is 0 Å². The van der Waals surface area contributed by atoms with Gasteiger partial charge in [-0.15, -0.1) is 0 Å². The minimum Gasteiger partial charge on any atom is -0.423 e. The summed E-state index contributed by atoms with van der Waals surface area (Å²) in [6.45, 7) is 0.855. The van der Waals surface area contributed by atoms with Gasteiger partial charge in [-0.3, -0.25) is 0 Å². The number of fused-ring (bicyclic) bond motifs is 2. The summed E-state index contributed by atoms with van der Waals surface area (Å²) in [5.41, 5.74) is 7.27. The number of rotatable bonds is 3. The molecule has 0 aliphatic rings. The first-order chi connectivity index (χ1) is 11.9. The van der Waals surface area contributed by atoms with Gasteiger partial charge in [-0.2, -0.15) is 4.98 Å². The highest BCUT2D eigenvalue weighted by molar-refractivity contribution is 5.86. The predicted molar refractivity (Wildman–Crippen MR) is 91.9 cm³/mol. The third-order valence-electron chi connectivity index (χ3n) is 3.88. The lowest BCUT2D eigenvalue weighted by molar-refractivity contribution is 0.0176. The van der Waals surface area contributed by atoms with Gasteiger partial charge >= 0.3 is 0 Å². The first-order valence-electron chi connectivity index (χ1n) is 7.61. The second-order valence-electron chi connectivity index (χ2n) is 5.83. The molecule has 5 nitrogen and oxygen atoms in total. The topological polar surface area (TPSA) is 76.8 Å². The Hall–Kier alpha value is -3.22. The van der Waals surface area contributed by atoms with E-state index in [1.54, 1.807) is 12.1 Å². The molecule has 4 rings (SSSR count). The van der Waals surface area contributed by atoms with Crippen molar-refractivity contribution >= 4 is 27.8 Å². The van der Waals surface area contributed by atoms with Crippen molar-refractivity contribution in [3.63, 3.8) is 0 Å². The number of imidazole rings is 1. The summed E-state index contributed by atoms with van der Waals surface area (Å²) in [4.78, 5) is 11.5. The van der Waals surface area contributed by atoms with Crippen LogP contribution in [0.15, 0.2) is 48.5 Å². The molecule has 0 fully saturated rings. The maximum Gasteiger partial charge on any atom is 0.300 e. The summed E-state index contributed by atoms with van der Waals surface area (Å²) in [6.07, 6.45) is 0. The average molecular weight is 340 g/mol. The molecule has 0 unspecified atom stereocenters. The minimum absolute atomic E-state index is 0.0881. The molecule has 0 spiro atoms. The third-order valence-corrected chi connectivity index (χ3v) is 3.88. The van der Waals surface area contributed by atoms with E-state index in [0.717, 1.165) is 12.3 Å². The number of nitrogens with zero attached hydrogens (tertiary/aromatic N) is 2. The smallest absolute Gasteiger partial charge is 0.300 e. The summed E-state index contributed by atoms with van der Waals surface area (Å²) >= 11 is 0. The van der Waals surface area contributed by atoms with Gasteiger partial charge in [-0.25, -0.2) is 13.8 Å². The first kappa shape index (κ1) is 15.3. The van der Waals surface area contributed by atoms with Crippen LogP contribution in [0.5, 0.6) is 11.8 Å². The largest absolute Gasteiger partial charge is 0.423 e. The normalized spacial score (nSPS) is 12.0. The summed E-state index contributed by atoms with van der Waals surface area (Å²) in [5.74, 6) is -2.06. The number of anilines is 1. The summed E-state index contributed by atoms with van der Waals surface area (Å²) in [5, 5.41) is 0.871. The molecule has 0 radical (unpaired) electrons. The van der Waals surface area contributed by atoms with E-state index in [9.17, 15) is 8.78 Å². The molecule has 4 aromatic rings. The Morgan fingerprint density at radius 1 is 1.08 bits per heavy atom. The zero-order valence-corrected chi connectivity index (χ0v) is 13.3. The van der Waals surface area contributed by atoms with Crippen LogP contribution in [-0.2, 0) is 5.92 Å². The Morgan fingerprint density at radius 2 is 1.92 bits per heavy atom. The van der Waals surface area contributed by atoms with Crippen LogP contribution in [0.4, 0.5) is 14.6 Å². The number of nitrogens with one attached hydrogen (secondary N) is 1. The Bertz CT molecular complexity index is 1090. The number of hydrogen-bond acceptors (Lipinski definition) is 4. The van der Waals surface area contributed by atoms with Gasteiger partial charge in [0, 0.05) is 17.9 Å². The van der Waals surface area contributed by atoms with Gasteiger partial charge in [0.05, 0.1) is 11.0 Å². The van der Waals surface area contributed by atoms with E-state index in [-0.39, 0.29) is 11.6 Å². The lowest BCUT2D eigenvalue weighted by Gasteiger charge is -2.09. The number of aromatic amines is 1. The number of pyridine rings is 1. The number of benzene rings is 2. The molecule has 0 atom stereocenters. The number of nitrogens with two attached hydrogens (primary N) is 1. The van der Waals surface area contributed by atoms with Crippen molar-refractivity contribution in [3.8, 4) is 11.8 Å². The Kier molecular flexibility index (Phi) is 3.31. The van der Waals surface area contributed by atoms with E-state index in [4.69, 9.17) is 10.5 Å². The highest BCUT2D eigenvalue weighted by Crippen LogP contribution is 2.32. The lowest BCUT2D eigenvalue weighted by atomic mass is 10.1. The molecule has 0 bridgehead atoms. The van der Waals surface area contributed by atoms with E-state index in [0.29, 0.717) is 28.1 Å². The van der Waals surface area contributed by atoms with Gasteiger partial charge in [0.2, 0.25) is 0 Å². The summed E-state index contributed by atoms with van der Waals surface area (Å²) < 4.78 is 32.7. The van der Waals surface area contributed by atoms with E-state index in [1.807, 2.05) is 18.2 Å². The summed E-state index contributed by atoms with van der Waals surface area (Å²) in [7, 11) is 0. The molecule has 25 heavy (non-hydrogen) atoms. The Morgan fingerprint density at radius 3 is 2.72 bits per heavy atom. The van der Waals surface area contributed by atoms with Crippen LogP contribution < -0.4 is 10.5 Å². The number of hydrogen-bond donors (Lipinski definition) is 2. The lowest BCUT2D eigenvalue weighted by Crippen LogP contribution is -2.06. The molecule has 0 aliphatic heterocycles. The number of nitrogen functional groups attached to an aromatic ring is 1. The van der Waals surface area contributed by atoms with Crippen molar-refractivity contribution < 1.29 is 13.5 Å². The van der Waals surface area contributed by atoms with Crippen LogP contribution in [0.2, 0.25) is 0 Å². The first-order valence-corrected chi connectivity index (χ1v) is 7.61. The molecule has 2 aromatic heterocycles. The second kappa shape index (κ2) is 5.41. The number of para-hydroxylation sites is 1. The molecule has 7 heteroatoms. The van der Waals surface area contributed by atoms with Crippen LogP contribution in [0.3, 0.4) is 0 Å². The fourth-order valence-electron chi connectivity index (χ4n) is 2.63. The number of halogens is 2. The van der Waals surface area contributed by atoms with Crippen molar-refractivity contribution in [1.29, 1.82) is 0 Å². The predicted octanol–water partition coefficient (Wildman–Crippen LogP) is 4.60. The molecule has 126 valence electrons. The van der Waals surface area contributed by atoms with Crippen LogP contribution in [0.1, 0.15) is 12.5 Å². The standard InChI is InChI=1S/C18H14F2N4O/c1-18(19,20)11-6-7-12-13(9-11)23-17(22-12)25-14-4-2-3-10-5-8-15(21)24-16(10)14/h2-9H,1H3,(H2,21,24)(H,22,23). The average Bonchev–Trinajstić information content (AvgIpc) is 2.96. The number of alkyl halides is 2. The molecule has 2 aromatic carbocycles. The SMILES string of the molecule is CC(F)(F)c1ccc2nc(Oc3cccc4ccc(N)nc34)[nH]c2c1. The third kappa shape index (κ3) is 2.84. The van der Waals surface area contributed by atoms with Gasteiger partial charge in [-0.05, 0) is 30.3 Å². The molecule has 3 N–H and O–H groups in total. The van der Waals surface area contributed by atoms with Crippen molar-refractivity contribution in [2.75, 3.05) is 5.73 Å². The van der Waals surface area contributed by atoms with Gasteiger partial charge in [0.1, 0.15) is 11.3 Å². The Balaban J connectivity index is 1.75. The zero-order valence-electron chi connectivity index (χ0n) is 13.3. The van der Waals surface area contributed by atoms with Crippen LogP contribution >= 0.6 is 0 Å². The summed E-state index contributed by atoms with van der Waals surface area (Å²) in [6, 6.07) is 13.5. The fraction of sp³-hybridized carbons (Fsp3) is 0.111. The maximum atomic E-state index is 13.5. The molecule has 0 saturated carbocycles. The molecule has 0 aliphatic carbocycles. The van der Waals surface area contributed by atoms with Crippen molar-refractivity contribution in [3.05, 3.63) is 54.1 Å². The van der Waals surface area contributed by atoms with Crippen LogP contribution in [-0.4, -0.2) is 15.0 Å². The van der Waals surface area contributed by atoms with E-state index in [2.05, 4.69) is 15.0 Å². The van der Waals surface area contributed by atoms with Gasteiger partial charge in [0.15, 0.2) is 5.75 Å². The molecule has 0 amide bonds. The zero-order chi connectivity index (χ0) is 17.6. The number of H-pyrrole nitrogens is 1. The Labute approximate surface area is 141 Å².